The second-order valence-corrected chi connectivity index (χ2v) is 5.23. The molecule has 1 rings (SSSR count). The minimum Gasteiger partial charge on any atom is -0.397 e. The van der Waals surface area contributed by atoms with E-state index in [0.717, 1.165) is 21.5 Å². The van der Waals surface area contributed by atoms with E-state index < -0.39 is 0 Å². The summed E-state index contributed by atoms with van der Waals surface area (Å²) in [6, 6.07) is 6.57. The Morgan fingerprint density at radius 1 is 1.44 bits per heavy atom. The largest absolute Gasteiger partial charge is 0.397 e. The number of nitrogen functional groups attached to an aromatic ring is 1. The molecule has 0 aliphatic rings. The van der Waals surface area contributed by atoms with Gasteiger partial charge in [0, 0.05) is 23.3 Å². The van der Waals surface area contributed by atoms with Crippen molar-refractivity contribution in [2.45, 2.75) is 19.9 Å². The van der Waals surface area contributed by atoms with E-state index in [-0.39, 0.29) is 0 Å². The number of nitrogens with two attached hydrogens (primary N) is 1. The molecule has 4 heteroatoms. The van der Waals surface area contributed by atoms with Crippen LogP contribution in [-0.2, 0) is 4.74 Å². The highest BCUT2D eigenvalue weighted by Crippen LogP contribution is 2.26. The molecule has 0 bridgehead atoms. The number of hydrogen-bond acceptors (Lipinski definition) is 3. The van der Waals surface area contributed by atoms with Gasteiger partial charge >= 0.3 is 0 Å². The molecule has 0 saturated carbocycles. The van der Waals surface area contributed by atoms with Gasteiger partial charge < -0.3 is 15.4 Å². The predicted octanol–water partition coefficient (Wildman–Crippen LogP) is 2.73. The van der Waals surface area contributed by atoms with E-state index in [0.29, 0.717) is 12.6 Å². The van der Waals surface area contributed by atoms with E-state index in [1.807, 2.05) is 6.07 Å². The normalized spacial score (nSPS) is 10.8. The second-order valence-electron chi connectivity index (χ2n) is 3.98. The summed E-state index contributed by atoms with van der Waals surface area (Å²) < 4.78 is 6.28. The van der Waals surface area contributed by atoms with Gasteiger partial charge in [0.2, 0.25) is 0 Å². The molecular formula is C12H19IN2O. The number of rotatable bonds is 5. The van der Waals surface area contributed by atoms with Crippen molar-refractivity contribution < 1.29 is 4.74 Å². The first kappa shape index (κ1) is 13.6. The molecule has 0 amide bonds. The third kappa shape index (κ3) is 3.52. The number of ether oxygens (including phenoxy) is 1. The molecule has 0 radical (unpaired) electrons. The molecule has 0 spiro atoms. The van der Waals surface area contributed by atoms with Gasteiger partial charge in [-0.15, -0.1) is 0 Å². The quantitative estimate of drug-likeness (QED) is 0.665. The number of anilines is 2. The fraction of sp³-hybridized carbons (Fsp3) is 0.500. The molecular weight excluding hydrogens is 315 g/mol. The van der Waals surface area contributed by atoms with Crippen molar-refractivity contribution in [2.75, 3.05) is 30.9 Å². The maximum Gasteiger partial charge on any atom is 0.0637 e. The van der Waals surface area contributed by atoms with Crippen molar-refractivity contribution in [1.29, 1.82) is 0 Å². The summed E-state index contributed by atoms with van der Waals surface area (Å²) in [5, 5.41) is 0. The summed E-state index contributed by atoms with van der Waals surface area (Å²) in [7, 11) is 1.72. The molecule has 2 N–H and O–H groups in total. The lowest BCUT2D eigenvalue weighted by Crippen LogP contribution is -2.34. The van der Waals surface area contributed by atoms with E-state index in [2.05, 4.69) is 53.5 Å². The molecule has 0 atom stereocenters. The Bertz CT molecular complexity index is 342. The van der Waals surface area contributed by atoms with Gasteiger partial charge in [-0.3, -0.25) is 0 Å². The highest BCUT2D eigenvalue weighted by Gasteiger charge is 2.12. The zero-order valence-electron chi connectivity index (χ0n) is 10.0. The molecule has 0 unspecified atom stereocenters. The van der Waals surface area contributed by atoms with Crippen LogP contribution >= 0.6 is 22.6 Å². The van der Waals surface area contributed by atoms with Crippen LogP contribution in [0.15, 0.2) is 18.2 Å². The van der Waals surface area contributed by atoms with Crippen molar-refractivity contribution in [2.24, 2.45) is 0 Å². The number of methoxy groups -OCH3 is 1. The third-order valence-electron chi connectivity index (χ3n) is 2.46. The van der Waals surface area contributed by atoms with E-state index in [9.17, 15) is 0 Å². The summed E-state index contributed by atoms with van der Waals surface area (Å²) in [4.78, 5) is 2.26. The molecule has 90 valence electrons. The fourth-order valence-electron chi connectivity index (χ4n) is 1.63. The Kier molecular flexibility index (Phi) is 5.34. The van der Waals surface area contributed by atoms with Crippen LogP contribution in [0, 0.1) is 3.57 Å². The van der Waals surface area contributed by atoms with Gasteiger partial charge in [-0.2, -0.15) is 0 Å². The topological polar surface area (TPSA) is 38.5 Å². The van der Waals surface area contributed by atoms with Gasteiger partial charge in [-0.1, -0.05) is 0 Å². The zero-order valence-corrected chi connectivity index (χ0v) is 12.2. The summed E-state index contributed by atoms with van der Waals surface area (Å²) in [5.41, 5.74) is 7.97. The minimum atomic E-state index is 0.414. The van der Waals surface area contributed by atoms with Crippen LogP contribution in [0.3, 0.4) is 0 Å². The van der Waals surface area contributed by atoms with Gasteiger partial charge in [0.05, 0.1) is 18.0 Å². The van der Waals surface area contributed by atoms with E-state index in [4.69, 9.17) is 10.5 Å². The highest BCUT2D eigenvalue weighted by atomic mass is 127. The lowest BCUT2D eigenvalue weighted by molar-refractivity contribution is 0.204. The lowest BCUT2D eigenvalue weighted by Gasteiger charge is -2.30. The first-order chi connectivity index (χ1) is 7.56. The summed E-state index contributed by atoms with van der Waals surface area (Å²) >= 11 is 2.27. The predicted molar refractivity (Wildman–Crippen MR) is 77.9 cm³/mol. The number of benzene rings is 1. The average molecular weight is 334 g/mol. The first-order valence-corrected chi connectivity index (χ1v) is 6.44. The smallest absolute Gasteiger partial charge is 0.0637 e. The monoisotopic (exact) mass is 334 g/mol. The Labute approximate surface area is 111 Å². The van der Waals surface area contributed by atoms with Crippen LogP contribution in [0.25, 0.3) is 0 Å². The van der Waals surface area contributed by atoms with Gasteiger partial charge in [-0.05, 0) is 54.6 Å². The molecule has 0 saturated heterocycles. The summed E-state index contributed by atoms with van der Waals surface area (Å²) in [6.45, 7) is 5.89. The molecule has 1 aromatic carbocycles. The number of hydrogen-bond donors (Lipinski definition) is 1. The van der Waals surface area contributed by atoms with E-state index in [1.165, 1.54) is 0 Å². The third-order valence-corrected chi connectivity index (χ3v) is 3.13. The van der Waals surface area contributed by atoms with E-state index in [1.54, 1.807) is 7.11 Å². The molecule has 0 heterocycles. The van der Waals surface area contributed by atoms with Crippen molar-refractivity contribution in [3.05, 3.63) is 21.8 Å². The van der Waals surface area contributed by atoms with Crippen molar-refractivity contribution >= 4 is 34.0 Å². The first-order valence-electron chi connectivity index (χ1n) is 5.37. The van der Waals surface area contributed by atoms with Crippen LogP contribution in [0.4, 0.5) is 11.4 Å². The summed E-state index contributed by atoms with van der Waals surface area (Å²) in [6.07, 6.45) is 0. The van der Waals surface area contributed by atoms with Crippen LogP contribution in [-0.4, -0.2) is 26.3 Å². The van der Waals surface area contributed by atoms with Gasteiger partial charge in [0.15, 0.2) is 0 Å². The van der Waals surface area contributed by atoms with Gasteiger partial charge in [-0.25, -0.2) is 0 Å². The minimum absolute atomic E-state index is 0.414. The fourth-order valence-corrected chi connectivity index (χ4v) is 2.15. The molecule has 0 fully saturated rings. The van der Waals surface area contributed by atoms with Gasteiger partial charge in [0.25, 0.3) is 0 Å². The Hall–Kier alpha value is -0.490. The van der Waals surface area contributed by atoms with Crippen molar-refractivity contribution in [1.82, 2.24) is 0 Å². The molecule has 1 aromatic rings. The lowest BCUT2D eigenvalue weighted by atomic mass is 10.2. The molecule has 0 aliphatic carbocycles. The van der Waals surface area contributed by atoms with Crippen LogP contribution in [0.1, 0.15) is 13.8 Å². The van der Waals surface area contributed by atoms with Crippen LogP contribution in [0.5, 0.6) is 0 Å². The standard InChI is InChI=1S/C12H19IN2O/c1-9(2)15(6-7-16-3)12-5-4-10(13)8-11(12)14/h4-5,8-9H,6-7,14H2,1-3H3. The molecule has 16 heavy (non-hydrogen) atoms. The molecule has 0 aromatic heterocycles. The number of halogens is 1. The number of nitrogens with zero attached hydrogens (tertiary/aromatic N) is 1. The highest BCUT2D eigenvalue weighted by molar-refractivity contribution is 14.1. The van der Waals surface area contributed by atoms with Gasteiger partial charge in [0.1, 0.15) is 0 Å². The van der Waals surface area contributed by atoms with E-state index >= 15 is 0 Å². The Morgan fingerprint density at radius 3 is 2.62 bits per heavy atom. The maximum absolute atomic E-state index is 6.04. The summed E-state index contributed by atoms with van der Waals surface area (Å²) in [5.74, 6) is 0. The SMILES string of the molecule is COCCN(c1ccc(I)cc1N)C(C)C. The Morgan fingerprint density at radius 2 is 2.12 bits per heavy atom. The average Bonchev–Trinajstić information content (AvgIpc) is 2.20. The Balaban J connectivity index is 2.92. The second kappa shape index (κ2) is 6.30. The molecule has 0 aliphatic heterocycles. The van der Waals surface area contributed by atoms with Crippen molar-refractivity contribution in [3.8, 4) is 0 Å². The maximum atomic E-state index is 6.04. The van der Waals surface area contributed by atoms with Crippen molar-refractivity contribution in [3.63, 3.8) is 0 Å². The van der Waals surface area contributed by atoms with Crippen LogP contribution in [0.2, 0.25) is 0 Å². The zero-order chi connectivity index (χ0) is 12.1. The van der Waals surface area contributed by atoms with Crippen LogP contribution < -0.4 is 10.6 Å². The molecule has 3 nitrogen and oxygen atoms in total.